The van der Waals surface area contributed by atoms with E-state index in [1.54, 1.807) is 30.5 Å². The van der Waals surface area contributed by atoms with Crippen molar-refractivity contribution in [3.63, 3.8) is 0 Å². The van der Waals surface area contributed by atoms with Crippen LogP contribution < -0.4 is 18.9 Å². The summed E-state index contributed by atoms with van der Waals surface area (Å²) in [5.41, 5.74) is 0. The fourth-order valence-electron chi connectivity index (χ4n) is 3.16. The average Bonchev–Trinajstić information content (AvgIpc) is 2.70. The van der Waals surface area contributed by atoms with Gasteiger partial charge in [0.05, 0.1) is 18.6 Å². The maximum atomic E-state index is 12.6. The first-order chi connectivity index (χ1) is 13.5. The van der Waals surface area contributed by atoms with E-state index < -0.39 is 10.0 Å². The van der Waals surface area contributed by atoms with Crippen molar-refractivity contribution in [3.05, 3.63) is 36.7 Å². The lowest BCUT2D eigenvalue weighted by Crippen LogP contribution is -2.39. The van der Waals surface area contributed by atoms with Crippen molar-refractivity contribution in [3.8, 4) is 17.5 Å². The molecule has 0 aliphatic heterocycles. The SMILES string of the molecule is CCOc1ccc(S(=O)(=O)NC2CCC(Oc3nccnc3OC)CC2)cc1. The third kappa shape index (κ3) is 5.11. The van der Waals surface area contributed by atoms with Gasteiger partial charge in [0.1, 0.15) is 11.9 Å². The van der Waals surface area contributed by atoms with Gasteiger partial charge in [-0.25, -0.2) is 23.1 Å². The number of hydrogen-bond acceptors (Lipinski definition) is 7. The summed E-state index contributed by atoms with van der Waals surface area (Å²) in [6.45, 7) is 2.42. The van der Waals surface area contributed by atoms with Crippen LogP contribution in [0.1, 0.15) is 32.6 Å². The van der Waals surface area contributed by atoms with Gasteiger partial charge in [-0.2, -0.15) is 0 Å². The molecular formula is C19H25N3O5S. The Bertz CT molecular complexity index is 865. The molecule has 1 fully saturated rings. The van der Waals surface area contributed by atoms with E-state index in [2.05, 4.69) is 14.7 Å². The Morgan fingerprint density at radius 1 is 1.04 bits per heavy atom. The predicted octanol–water partition coefficient (Wildman–Crippen LogP) is 2.55. The number of benzene rings is 1. The van der Waals surface area contributed by atoms with Crippen LogP contribution in [-0.4, -0.2) is 44.2 Å². The van der Waals surface area contributed by atoms with Crippen LogP contribution in [-0.2, 0) is 10.0 Å². The van der Waals surface area contributed by atoms with Crippen LogP contribution in [0.5, 0.6) is 17.5 Å². The molecule has 2 aromatic rings. The van der Waals surface area contributed by atoms with Gasteiger partial charge in [-0.3, -0.25) is 0 Å². The van der Waals surface area contributed by atoms with Crippen LogP contribution in [0.2, 0.25) is 0 Å². The minimum absolute atomic E-state index is 0.0446. The molecule has 0 saturated heterocycles. The zero-order valence-corrected chi connectivity index (χ0v) is 16.8. The van der Waals surface area contributed by atoms with E-state index in [0.29, 0.717) is 37.0 Å². The highest BCUT2D eigenvalue weighted by atomic mass is 32.2. The number of rotatable bonds is 8. The number of aromatic nitrogens is 2. The molecule has 1 aliphatic carbocycles. The Morgan fingerprint density at radius 2 is 1.68 bits per heavy atom. The third-order valence-electron chi connectivity index (χ3n) is 4.55. The van der Waals surface area contributed by atoms with Crippen LogP contribution in [0.3, 0.4) is 0 Å². The van der Waals surface area contributed by atoms with Gasteiger partial charge in [-0.1, -0.05) is 0 Å². The molecule has 1 aliphatic rings. The lowest BCUT2D eigenvalue weighted by molar-refractivity contribution is 0.132. The number of methoxy groups -OCH3 is 1. The minimum Gasteiger partial charge on any atom is -0.494 e. The second-order valence-corrected chi connectivity index (χ2v) is 8.20. The zero-order chi connectivity index (χ0) is 20.0. The van der Waals surface area contributed by atoms with E-state index in [4.69, 9.17) is 14.2 Å². The molecule has 1 heterocycles. The summed E-state index contributed by atoms with van der Waals surface area (Å²) in [7, 11) is -2.05. The maximum Gasteiger partial charge on any atom is 0.278 e. The zero-order valence-electron chi connectivity index (χ0n) is 16.0. The average molecular weight is 407 g/mol. The highest BCUT2D eigenvalue weighted by Gasteiger charge is 2.27. The summed E-state index contributed by atoms with van der Waals surface area (Å²) in [5, 5.41) is 0. The number of nitrogens with one attached hydrogen (secondary N) is 1. The smallest absolute Gasteiger partial charge is 0.278 e. The van der Waals surface area contributed by atoms with Gasteiger partial charge in [0.15, 0.2) is 0 Å². The van der Waals surface area contributed by atoms with Crippen LogP contribution in [0.15, 0.2) is 41.6 Å². The Morgan fingerprint density at radius 3 is 2.29 bits per heavy atom. The number of ether oxygens (including phenoxy) is 3. The van der Waals surface area contributed by atoms with Crippen molar-refractivity contribution < 1.29 is 22.6 Å². The van der Waals surface area contributed by atoms with Crippen molar-refractivity contribution in [2.75, 3.05) is 13.7 Å². The molecule has 0 amide bonds. The number of sulfonamides is 1. The molecule has 0 unspecified atom stereocenters. The Hall–Kier alpha value is -2.39. The fourth-order valence-corrected chi connectivity index (χ4v) is 4.46. The Balaban J connectivity index is 1.54. The lowest BCUT2D eigenvalue weighted by atomic mass is 9.94. The van der Waals surface area contributed by atoms with Crippen LogP contribution in [0, 0.1) is 0 Å². The van der Waals surface area contributed by atoms with E-state index in [-0.39, 0.29) is 17.0 Å². The Labute approximate surface area is 165 Å². The van der Waals surface area contributed by atoms with Gasteiger partial charge >= 0.3 is 0 Å². The van der Waals surface area contributed by atoms with E-state index in [0.717, 1.165) is 12.8 Å². The molecule has 152 valence electrons. The van der Waals surface area contributed by atoms with Gasteiger partial charge in [0, 0.05) is 18.4 Å². The van der Waals surface area contributed by atoms with Crippen molar-refractivity contribution >= 4 is 10.0 Å². The van der Waals surface area contributed by atoms with Crippen LogP contribution in [0.4, 0.5) is 0 Å². The van der Waals surface area contributed by atoms with Gasteiger partial charge < -0.3 is 14.2 Å². The molecule has 1 aromatic carbocycles. The second-order valence-electron chi connectivity index (χ2n) is 6.49. The molecule has 0 spiro atoms. The second kappa shape index (κ2) is 9.20. The molecule has 0 radical (unpaired) electrons. The van der Waals surface area contributed by atoms with Crippen molar-refractivity contribution in [1.82, 2.24) is 14.7 Å². The Kier molecular flexibility index (Phi) is 6.69. The fraction of sp³-hybridized carbons (Fsp3) is 0.474. The van der Waals surface area contributed by atoms with Gasteiger partial charge in [-0.15, -0.1) is 0 Å². The van der Waals surface area contributed by atoms with Crippen LogP contribution in [0.25, 0.3) is 0 Å². The summed E-state index contributed by atoms with van der Waals surface area (Å²) < 4.78 is 44.4. The molecule has 1 N–H and O–H groups in total. The normalized spacial score (nSPS) is 19.8. The maximum absolute atomic E-state index is 12.6. The molecule has 28 heavy (non-hydrogen) atoms. The molecule has 3 rings (SSSR count). The number of hydrogen-bond donors (Lipinski definition) is 1. The first kappa shape index (κ1) is 20.3. The van der Waals surface area contributed by atoms with E-state index >= 15 is 0 Å². The highest BCUT2D eigenvalue weighted by Crippen LogP contribution is 2.28. The molecule has 1 saturated carbocycles. The summed E-state index contributed by atoms with van der Waals surface area (Å²) >= 11 is 0. The summed E-state index contributed by atoms with van der Waals surface area (Å²) in [4.78, 5) is 8.45. The van der Waals surface area contributed by atoms with Crippen molar-refractivity contribution in [2.24, 2.45) is 0 Å². The monoisotopic (exact) mass is 407 g/mol. The molecule has 0 bridgehead atoms. The first-order valence-corrected chi connectivity index (χ1v) is 10.8. The standard InChI is InChI=1S/C19H25N3O5S/c1-3-26-15-8-10-17(11-9-15)28(23,24)22-14-4-6-16(7-5-14)27-19-18(25-2)20-12-13-21-19/h8-14,16,22H,3-7H2,1-2H3. The van der Waals surface area contributed by atoms with E-state index in [1.165, 1.54) is 13.3 Å². The number of nitrogens with zero attached hydrogens (tertiary/aromatic N) is 2. The third-order valence-corrected chi connectivity index (χ3v) is 6.08. The van der Waals surface area contributed by atoms with E-state index in [1.807, 2.05) is 6.92 Å². The topological polar surface area (TPSA) is 99.6 Å². The largest absolute Gasteiger partial charge is 0.494 e. The summed E-state index contributed by atoms with van der Waals surface area (Å²) in [5.74, 6) is 1.36. The molecular weight excluding hydrogens is 382 g/mol. The summed E-state index contributed by atoms with van der Waals surface area (Å²) in [6, 6.07) is 6.32. The van der Waals surface area contributed by atoms with Crippen molar-refractivity contribution in [1.29, 1.82) is 0 Å². The highest BCUT2D eigenvalue weighted by molar-refractivity contribution is 7.89. The minimum atomic E-state index is -3.57. The first-order valence-electron chi connectivity index (χ1n) is 9.28. The summed E-state index contributed by atoms with van der Waals surface area (Å²) in [6.07, 6.45) is 5.85. The van der Waals surface area contributed by atoms with Gasteiger partial charge in [0.2, 0.25) is 10.0 Å². The quantitative estimate of drug-likeness (QED) is 0.718. The predicted molar refractivity (Wildman–Crippen MR) is 103 cm³/mol. The van der Waals surface area contributed by atoms with Gasteiger partial charge in [-0.05, 0) is 56.9 Å². The molecule has 8 nitrogen and oxygen atoms in total. The van der Waals surface area contributed by atoms with Gasteiger partial charge in [0.25, 0.3) is 11.8 Å². The van der Waals surface area contributed by atoms with Crippen molar-refractivity contribution in [2.45, 2.75) is 49.6 Å². The van der Waals surface area contributed by atoms with Crippen LogP contribution >= 0.6 is 0 Å². The van der Waals surface area contributed by atoms with E-state index in [9.17, 15) is 8.42 Å². The molecule has 9 heteroatoms. The molecule has 0 atom stereocenters. The molecule has 1 aromatic heterocycles. The lowest BCUT2D eigenvalue weighted by Gasteiger charge is -2.29.